The molecule has 0 spiro atoms. The summed E-state index contributed by atoms with van der Waals surface area (Å²) in [7, 11) is 0. The SMILES string of the molecule is CCC(C)(C)c1nc(C(C)O)no1. The molecule has 1 aromatic heterocycles. The van der Waals surface area contributed by atoms with Crippen molar-refractivity contribution in [2.45, 2.75) is 45.6 Å². The smallest absolute Gasteiger partial charge is 0.232 e. The van der Waals surface area contributed by atoms with Crippen molar-refractivity contribution >= 4 is 0 Å². The zero-order valence-electron chi connectivity index (χ0n) is 8.53. The standard InChI is InChI=1S/C9H16N2O2/c1-5-9(3,4)8-10-7(6(2)12)11-13-8/h6,12H,5H2,1-4H3. The minimum absolute atomic E-state index is 0.111. The quantitative estimate of drug-likeness (QED) is 0.778. The highest BCUT2D eigenvalue weighted by Gasteiger charge is 2.26. The van der Waals surface area contributed by atoms with Gasteiger partial charge in [0.15, 0.2) is 5.82 Å². The first-order valence-corrected chi connectivity index (χ1v) is 4.49. The zero-order valence-corrected chi connectivity index (χ0v) is 8.53. The molecule has 0 saturated carbocycles. The van der Waals surface area contributed by atoms with Gasteiger partial charge in [-0.1, -0.05) is 25.9 Å². The minimum atomic E-state index is -0.662. The van der Waals surface area contributed by atoms with Crippen LogP contribution >= 0.6 is 0 Å². The van der Waals surface area contributed by atoms with Gasteiger partial charge in [0, 0.05) is 5.41 Å². The molecule has 1 rings (SSSR count). The van der Waals surface area contributed by atoms with Crippen LogP contribution < -0.4 is 0 Å². The third kappa shape index (κ3) is 2.06. The van der Waals surface area contributed by atoms with Gasteiger partial charge in [-0.2, -0.15) is 4.98 Å². The van der Waals surface area contributed by atoms with Crippen LogP contribution in [-0.2, 0) is 5.41 Å². The molecule has 0 saturated heterocycles. The molecule has 0 radical (unpaired) electrons. The Labute approximate surface area is 78.0 Å². The molecule has 0 aromatic carbocycles. The number of hydrogen-bond acceptors (Lipinski definition) is 4. The minimum Gasteiger partial charge on any atom is -0.385 e. The maximum absolute atomic E-state index is 9.19. The first-order chi connectivity index (χ1) is 5.97. The van der Waals surface area contributed by atoms with Crippen LogP contribution in [0.5, 0.6) is 0 Å². The van der Waals surface area contributed by atoms with Gasteiger partial charge in [0.25, 0.3) is 0 Å². The number of aliphatic hydroxyl groups excluding tert-OH is 1. The third-order valence-electron chi connectivity index (χ3n) is 2.28. The van der Waals surface area contributed by atoms with Crippen molar-refractivity contribution < 1.29 is 9.63 Å². The van der Waals surface area contributed by atoms with Gasteiger partial charge < -0.3 is 9.63 Å². The lowest BCUT2D eigenvalue weighted by Gasteiger charge is -2.15. The lowest BCUT2D eigenvalue weighted by molar-refractivity contribution is 0.183. The van der Waals surface area contributed by atoms with Gasteiger partial charge in [-0.25, -0.2) is 0 Å². The van der Waals surface area contributed by atoms with Crippen LogP contribution in [0.3, 0.4) is 0 Å². The highest BCUT2D eigenvalue weighted by Crippen LogP contribution is 2.25. The largest absolute Gasteiger partial charge is 0.385 e. The van der Waals surface area contributed by atoms with Crippen molar-refractivity contribution in [2.24, 2.45) is 0 Å². The molecule has 0 aliphatic heterocycles. The van der Waals surface area contributed by atoms with Crippen LogP contribution in [0.15, 0.2) is 4.52 Å². The van der Waals surface area contributed by atoms with E-state index >= 15 is 0 Å². The number of hydrogen-bond donors (Lipinski definition) is 1. The van der Waals surface area contributed by atoms with E-state index in [4.69, 9.17) is 4.52 Å². The Morgan fingerprint density at radius 3 is 2.54 bits per heavy atom. The Hall–Kier alpha value is -0.900. The van der Waals surface area contributed by atoms with Crippen LogP contribution in [0.1, 0.15) is 51.9 Å². The molecule has 74 valence electrons. The predicted molar refractivity (Wildman–Crippen MR) is 48.2 cm³/mol. The predicted octanol–water partition coefficient (Wildman–Crippen LogP) is 1.81. The van der Waals surface area contributed by atoms with Gasteiger partial charge in [-0.05, 0) is 13.3 Å². The molecule has 0 aliphatic rings. The van der Waals surface area contributed by atoms with E-state index in [9.17, 15) is 5.11 Å². The summed E-state index contributed by atoms with van der Waals surface area (Å²) in [5.74, 6) is 0.947. The molecule has 4 nitrogen and oxygen atoms in total. The van der Waals surface area contributed by atoms with Crippen LogP contribution in [0.25, 0.3) is 0 Å². The van der Waals surface area contributed by atoms with E-state index in [1.165, 1.54) is 0 Å². The monoisotopic (exact) mass is 184 g/mol. The zero-order chi connectivity index (χ0) is 10.1. The van der Waals surface area contributed by atoms with E-state index < -0.39 is 6.10 Å². The molecule has 1 aromatic rings. The Morgan fingerprint density at radius 1 is 1.54 bits per heavy atom. The van der Waals surface area contributed by atoms with Crippen LogP contribution in [0.4, 0.5) is 0 Å². The van der Waals surface area contributed by atoms with Gasteiger partial charge >= 0.3 is 0 Å². The molecule has 0 amide bonds. The van der Waals surface area contributed by atoms with Crippen molar-refractivity contribution in [3.8, 4) is 0 Å². The summed E-state index contributed by atoms with van der Waals surface area (Å²) in [5, 5.41) is 12.9. The average molecular weight is 184 g/mol. The van der Waals surface area contributed by atoms with Crippen LogP contribution in [0.2, 0.25) is 0 Å². The summed E-state index contributed by atoms with van der Waals surface area (Å²) in [6, 6.07) is 0. The maximum Gasteiger partial charge on any atom is 0.232 e. The molecular formula is C9H16N2O2. The number of aromatic nitrogens is 2. The molecule has 13 heavy (non-hydrogen) atoms. The van der Waals surface area contributed by atoms with Crippen molar-refractivity contribution in [3.63, 3.8) is 0 Å². The van der Waals surface area contributed by atoms with E-state index in [2.05, 4.69) is 17.1 Å². The van der Waals surface area contributed by atoms with E-state index in [1.807, 2.05) is 13.8 Å². The van der Waals surface area contributed by atoms with E-state index in [0.29, 0.717) is 11.7 Å². The summed E-state index contributed by atoms with van der Waals surface area (Å²) in [4.78, 5) is 4.12. The summed E-state index contributed by atoms with van der Waals surface area (Å²) in [6.45, 7) is 7.75. The van der Waals surface area contributed by atoms with Crippen molar-refractivity contribution in [1.82, 2.24) is 10.1 Å². The van der Waals surface area contributed by atoms with Gasteiger partial charge in [-0.3, -0.25) is 0 Å². The van der Waals surface area contributed by atoms with Crippen LogP contribution in [0, 0.1) is 0 Å². The fourth-order valence-electron chi connectivity index (χ4n) is 0.831. The highest BCUT2D eigenvalue weighted by atomic mass is 16.5. The Kier molecular flexibility index (Phi) is 2.71. The lowest BCUT2D eigenvalue weighted by Crippen LogP contribution is -2.16. The van der Waals surface area contributed by atoms with Gasteiger partial charge in [-0.15, -0.1) is 0 Å². The molecule has 1 atom stereocenters. The normalized spacial score (nSPS) is 14.5. The number of rotatable bonds is 3. The summed E-state index contributed by atoms with van der Waals surface area (Å²) >= 11 is 0. The second-order valence-electron chi connectivity index (χ2n) is 3.87. The van der Waals surface area contributed by atoms with E-state index in [0.717, 1.165) is 6.42 Å². The topological polar surface area (TPSA) is 59.2 Å². The fourth-order valence-corrected chi connectivity index (χ4v) is 0.831. The van der Waals surface area contributed by atoms with Crippen molar-refractivity contribution in [3.05, 3.63) is 11.7 Å². The third-order valence-corrected chi connectivity index (χ3v) is 2.28. The maximum atomic E-state index is 9.19. The van der Waals surface area contributed by atoms with Crippen LogP contribution in [-0.4, -0.2) is 15.2 Å². The summed E-state index contributed by atoms with van der Waals surface area (Å²) < 4.78 is 5.06. The molecule has 0 aliphatic carbocycles. The van der Waals surface area contributed by atoms with E-state index in [-0.39, 0.29) is 5.41 Å². The van der Waals surface area contributed by atoms with Crippen molar-refractivity contribution in [1.29, 1.82) is 0 Å². The fraction of sp³-hybridized carbons (Fsp3) is 0.778. The Balaban J connectivity index is 2.91. The molecule has 0 bridgehead atoms. The summed E-state index contributed by atoms with van der Waals surface area (Å²) in [6.07, 6.45) is 0.263. The average Bonchev–Trinajstić information content (AvgIpc) is 2.52. The Morgan fingerprint density at radius 2 is 2.15 bits per heavy atom. The first kappa shape index (κ1) is 10.2. The first-order valence-electron chi connectivity index (χ1n) is 4.49. The molecular weight excluding hydrogens is 168 g/mol. The van der Waals surface area contributed by atoms with Crippen molar-refractivity contribution in [2.75, 3.05) is 0 Å². The number of nitrogens with zero attached hydrogens (tertiary/aromatic N) is 2. The Bertz CT molecular complexity index is 279. The van der Waals surface area contributed by atoms with E-state index in [1.54, 1.807) is 6.92 Å². The van der Waals surface area contributed by atoms with Gasteiger partial charge in [0.1, 0.15) is 6.10 Å². The highest BCUT2D eigenvalue weighted by molar-refractivity contribution is 5.00. The molecule has 4 heteroatoms. The second-order valence-corrected chi connectivity index (χ2v) is 3.87. The summed E-state index contributed by atoms with van der Waals surface area (Å²) in [5.41, 5.74) is -0.111. The van der Waals surface area contributed by atoms with Gasteiger partial charge in [0.2, 0.25) is 5.89 Å². The molecule has 1 unspecified atom stereocenters. The molecule has 1 N–H and O–H groups in total. The molecule has 1 heterocycles. The lowest BCUT2D eigenvalue weighted by atomic mass is 9.90. The second kappa shape index (κ2) is 3.46. The van der Waals surface area contributed by atoms with Gasteiger partial charge in [0.05, 0.1) is 0 Å². The number of aliphatic hydroxyl groups is 1. The molecule has 0 fully saturated rings.